The first-order valence-corrected chi connectivity index (χ1v) is 37.7. The molecular weight excluding hydrogens is 1500 g/mol. The van der Waals surface area contributed by atoms with Crippen LogP contribution in [-0.2, 0) is 87.9 Å². The van der Waals surface area contributed by atoms with Crippen LogP contribution in [0, 0.1) is 17.8 Å². The predicted molar refractivity (Wildman–Crippen MR) is 408 cm³/mol. The summed E-state index contributed by atoms with van der Waals surface area (Å²) in [6.45, 7) is 10.8. The molecule has 0 aliphatic carbocycles. The molecule has 3 rings (SSSR count). The van der Waals surface area contributed by atoms with E-state index in [4.69, 9.17) is 39.5 Å². The highest BCUT2D eigenvalue weighted by atomic mass is 16.4. The lowest BCUT2D eigenvalue weighted by Gasteiger charge is -2.31. The van der Waals surface area contributed by atoms with E-state index in [0.717, 1.165) is 6.92 Å². The van der Waals surface area contributed by atoms with Crippen LogP contribution in [0.1, 0.15) is 145 Å². The lowest BCUT2D eigenvalue weighted by Crippen LogP contribution is -2.62. The first-order valence-electron chi connectivity index (χ1n) is 37.7. The van der Waals surface area contributed by atoms with Gasteiger partial charge in [-0.05, 0) is 103 Å². The van der Waals surface area contributed by atoms with E-state index < -0.39 is 224 Å². The highest BCUT2D eigenvalue weighted by Crippen LogP contribution is 2.22. The molecular formula is C69H117N25O20. The number of aliphatic imine (C=N–C) groups is 2. The number of carbonyl (C=O) groups excluding carboxylic acids is 16. The number of aliphatic hydroxyl groups is 2. The third-order valence-corrected chi connectivity index (χ3v) is 18.3. The van der Waals surface area contributed by atoms with Gasteiger partial charge in [0.1, 0.15) is 79.0 Å². The molecule has 16 amide bonds. The number of carboxylic acids is 1. The fourth-order valence-corrected chi connectivity index (χ4v) is 12.1. The number of aromatic nitrogens is 2. The SMILES string of the molecule is CC[C@H](C)[C@H](NC(=O)[C@H](C)NC(=O)[C@@H](NC(=O)[C@H](CC(N)=O)NC(=O)[C@H](CC(C)C)NC(=O)[C@H](CCCN=C(N)N)NC(=O)[C@@H]1CCCN1C(=O)[C@H](CCCN=C(N)N)NC(=O)CNC(=O)[C@@H]1CCCN1C(=O)[C@H](C)NC(=O)[C@H](CC(C)C)NC(=O)[C@H](CO)NC(=O)CNC(=O)[C@@H](N)Cc1cnc[nH]1)[C@@H](C)O)C(=O)NCC(=O)O. The summed E-state index contributed by atoms with van der Waals surface area (Å²) in [4.78, 5) is 247. The van der Waals surface area contributed by atoms with Crippen molar-refractivity contribution in [2.24, 2.45) is 62.1 Å². The summed E-state index contributed by atoms with van der Waals surface area (Å²) in [6, 6.07) is -18.5. The monoisotopic (exact) mass is 1620 g/mol. The number of aliphatic hydroxyl groups excluding tert-OH is 2. The van der Waals surface area contributed by atoms with Crippen molar-refractivity contribution < 1.29 is 96.8 Å². The average molecular weight is 1620 g/mol. The Balaban J connectivity index is 1.78. The van der Waals surface area contributed by atoms with E-state index in [1.165, 1.54) is 36.2 Å². The van der Waals surface area contributed by atoms with Crippen molar-refractivity contribution in [1.82, 2.24) is 88.9 Å². The normalized spacial score (nSPS) is 17.2. The second-order valence-electron chi connectivity index (χ2n) is 28.9. The van der Waals surface area contributed by atoms with Gasteiger partial charge in [0.2, 0.25) is 94.5 Å². The van der Waals surface area contributed by atoms with Crippen LogP contribution in [0.2, 0.25) is 0 Å². The zero-order chi connectivity index (χ0) is 85.8. The third-order valence-electron chi connectivity index (χ3n) is 18.3. The van der Waals surface area contributed by atoms with Crippen LogP contribution in [0.4, 0.5) is 0 Å². The minimum Gasteiger partial charge on any atom is -0.480 e. The maximum absolute atomic E-state index is 14.7. The van der Waals surface area contributed by atoms with Gasteiger partial charge in [-0.3, -0.25) is 91.5 Å². The Bertz CT molecular complexity index is 3550. The number of primary amides is 1. The summed E-state index contributed by atoms with van der Waals surface area (Å²) in [5.41, 5.74) is 34.2. The third kappa shape index (κ3) is 33.5. The molecule has 0 aromatic carbocycles. The molecule has 2 aliphatic heterocycles. The quantitative estimate of drug-likeness (QED) is 0.0164. The number of aliphatic carboxylic acids is 1. The Kier molecular flexibility index (Phi) is 41.2. The maximum atomic E-state index is 14.7. The van der Waals surface area contributed by atoms with Gasteiger partial charge in [0.15, 0.2) is 11.9 Å². The zero-order valence-corrected chi connectivity index (χ0v) is 65.8. The first kappa shape index (κ1) is 96.8. The highest BCUT2D eigenvalue weighted by molar-refractivity contribution is 6.01. The molecule has 0 spiro atoms. The maximum Gasteiger partial charge on any atom is 0.322 e. The lowest BCUT2D eigenvalue weighted by atomic mass is 9.98. The summed E-state index contributed by atoms with van der Waals surface area (Å²) in [5, 5.41) is 61.5. The fraction of sp³-hybridized carbons (Fsp3) is 0.681. The van der Waals surface area contributed by atoms with E-state index in [9.17, 15) is 91.7 Å². The second-order valence-corrected chi connectivity index (χ2v) is 28.9. The molecule has 0 saturated carbocycles. The van der Waals surface area contributed by atoms with Crippen molar-refractivity contribution in [1.29, 1.82) is 0 Å². The van der Waals surface area contributed by atoms with Gasteiger partial charge in [-0.1, -0.05) is 48.0 Å². The topological polar surface area (TPSA) is 723 Å². The summed E-state index contributed by atoms with van der Waals surface area (Å²) >= 11 is 0. The molecule has 0 radical (unpaired) electrons. The molecule has 45 nitrogen and oxygen atoms in total. The Morgan fingerprint density at radius 2 is 1.00 bits per heavy atom. The van der Waals surface area contributed by atoms with E-state index in [1.807, 2.05) is 0 Å². The first-order chi connectivity index (χ1) is 53.6. The van der Waals surface area contributed by atoms with E-state index in [0.29, 0.717) is 18.5 Å². The predicted octanol–water partition coefficient (Wildman–Crippen LogP) is -9.92. The molecule has 1 aromatic heterocycles. The number of hydrogen-bond acceptors (Lipinski definition) is 23. The van der Waals surface area contributed by atoms with Crippen molar-refractivity contribution in [2.75, 3.05) is 52.4 Å². The summed E-state index contributed by atoms with van der Waals surface area (Å²) < 4.78 is 0. The lowest BCUT2D eigenvalue weighted by molar-refractivity contribution is -0.143. The summed E-state index contributed by atoms with van der Waals surface area (Å²) in [7, 11) is 0. The van der Waals surface area contributed by atoms with Crippen LogP contribution in [0.15, 0.2) is 22.5 Å². The smallest absolute Gasteiger partial charge is 0.322 e. The van der Waals surface area contributed by atoms with Gasteiger partial charge in [-0.25, -0.2) is 4.98 Å². The summed E-state index contributed by atoms with van der Waals surface area (Å²) in [5.74, 6) is -17.6. The van der Waals surface area contributed by atoms with Crippen LogP contribution >= 0.6 is 0 Å². The molecule has 1 aromatic rings. The number of aromatic amines is 1. The number of nitrogens with zero attached hydrogens (tertiary/aromatic N) is 5. The fourth-order valence-electron chi connectivity index (χ4n) is 12.1. The van der Waals surface area contributed by atoms with E-state index in [2.05, 4.69) is 89.1 Å². The van der Waals surface area contributed by atoms with Crippen molar-refractivity contribution >= 4 is 112 Å². The Morgan fingerprint density at radius 3 is 1.51 bits per heavy atom. The number of carbonyl (C=O) groups is 17. The summed E-state index contributed by atoms with van der Waals surface area (Å²) in [6.07, 6.45) is 1.24. The number of hydrogen-bond donors (Lipinski definition) is 23. The largest absolute Gasteiger partial charge is 0.480 e. The number of H-pyrrole nitrogens is 1. The van der Waals surface area contributed by atoms with E-state index >= 15 is 0 Å². The number of nitrogens with one attached hydrogen (secondary N) is 14. The van der Waals surface area contributed by atoms with E-state index in [-0.39, 0.29) is 114 Å². The second kappa shape index (κ2) is 48.5. The van der Waals surface area contributed by atoms with Gasteiger partial charge in [-0.2, -0.15) is 0 Å². The molecule has 2 fully saturated rings. The Morgan fingerprint density at radius 1 is 0.526 bits per heavy atom. The van der Waals surface area contributed by atoms with Crippen molar-refractivity contribution in [3.8, 4) is 0 Å². The molecule has 15 atom stereocenters. The van der Waals surface area contributed by atoms with Crippen LogP contribution in [0.3, 0.4) is 0 Å². The number of guanidine groups is 2. The number of carboxylic acid groups (broad SMARTS) is 1. The minimum atomic E-state index is -1.87. The number of imidazole rings is 1. The van der Waals surface area contributed by atoms with Gasteiger partial charge in [0.25, 0.3) is 0 Å². The zero-order valence-electron chi connectivity index (χ0n) is 65.8. The van der Waals surface area contributed by atoms with Gasteiger partial charge < -0.3 is 134 Å². The molecule has 0 bridgehead atoms. The number of amides is 16. The van der Waals surface area contributed by atoms with Crippen molar-refractivity contribution in [3.63, 3.8) is 0 Å². The van der Waals surface area contributed by atoms with Crippen LogP contribution in [0.5, 0.6) is 0 Å². The average Bonchev–Trinajstić information content (AvgIpc) is 1.74. The molecule has 638 valence electrons. The van der Waals surface area contributed by atoms with E-state index in [1.54, 1.807) is 41.5 Å². The highest BCUT2D eigenvalue weighted by Gasteiger charge is 2.42. The van der Waals surface area contributed by atoms with Gasteiger partial charge in [0, 0.05) is 44.5 Å². The molecule has 2 saturated heterocycles. The molecule has 3 heterocycles. The standard InChI is InChI=1S/C69H117N25O20/c1-10-35(6)53(64(111)81-30-52(100)101)91-55(102)36(7)83-65(112)54(38(9)96)92-60(107)45(26-49(71)97)90-59(106)44(24-34(4)5)88-57(104)41(15-11-19-77-68(72)73)87-63(110)48-18-14-22-94(48)67(114)42(16-12-20-78-69(74)75)85-50(98)29-80-62(109)47-17-13-21-93(47)66(113)37(8)84-58(105)43(23-33(2)3)89-61(108)46(31-95)86-51(99)28-79-56(103)40(70)25-39-27-76-32-82-39/h27,32-38,40-48,53-54,95-96H,10-26,28-31,70H2,1-9H3,(H2,71,97)(H,76,82)(H,79,103)(H,80,109)(H,81,111)(H,83,112)(H,84,105)(H,85,98)(H,86,99)(H,87,110)(H,88,104)(H,89,108)(H,90,106)(H,91,102)(H,92,107)(H,100,101)(H4,72,73,77)(H4,74,75,78)/t35-,36-,37-,38+,40-,41-,42-,43-,44-,45-,46-,47-,48-,53-,54-/m0/s1. The molecule has 29 N–H and O–H groups in total. The number of nitrogens with two attached hydrogens (primary N) is 6. The minimum absolute atomic E-state index is 0.0132. The number of likely N-dealkylation sites (tertiary alicyclic amines) is 2. The van der Waals surface area contributed by atoms with Gasteiger partial charge in [-0.15, -0.1) is 0 Å². The molecule has 0 unspecified atom stereocenters. The molecule has 114 heavy (non-hydrogen) atoms. The molecule has 45 heteroatoms. The number of rotatable bonds is 49. The van der Waals surface area contributed by atoms with Crippen molar-refractivity contribution in [2.45, 2.75) is 230 Å². The Labute approximate surface area is 659 Å². The van der Waals surface area contributed by atoms with Crippen LogP contribution < -0.4 is 104 Å². The van der Waals surface area contributed by atoms with Crippen LogP contribution in [-0.4, -0.2) is 285 Å². The molecule has 2 aliphatic rings. The van der Waals surface area contributed by atoms with Gasteiger partial charge in [0.05, 0.1) is 44.6 Å². The van der Waals surface area contributed by atoms with Crippen LogP contribution in [0.25, 0.3) is 0 Å². The Hall–Kier alpha value is -11.4. The van der Waals surface area contributed by atoms with Crippen molar-refractivity contribution in [3.05, 3.63) is 18.2 Å². The van der Waals surface area contributed by atoms with Gasteiger partial charge >= 0.3 is 5.97 Å².